The van der Waals surface area contributed by atoms with Crippen LogP contribution in [0.25, 0.3) is 0 Å². The van der Waals surface area contributed by atoms with Crippen LogP contribution in [0.1, 0.15) is 69.6 Å². The van der Waals surface area contributed by atoms with Crippen LogP contribution in [0.5, 0.6) is 5.75 Å². The Labute approximate surface area is 117 Å². The van der Waals surface area contributed by atoms with Crippen LogP contribution in [0.3, 0.4) is 0 Å². The van der Waals surface area contributed by atoms with Crippen LogP contribution in [0, 0.1) is 6.92 Å². The Morgan fingerprint density at radius 1 is 1.11 bits per heavy atom. The molecule has 2 heteroatoms. The molecule has 2 nitrogen and oxygen atoms in total. The first-order valence-electron chi connectivity index (χ1n) is 7.56. The number of aliphatic hydroxyl groups excluding tert-OH is 1. The third-order valence-corrected chi connectivity index (χ3v) is 3.37. The van der Waals surface area contributed by atoms with Crippen LogP contribution in [0.4, 0.5) is 0 Å². The average molecular weight is 264 g/mol. The molecule has 108 valence electrons. The van der Waals surface area contributed by atoms with Gasteiger partial charge in [-0.05, 0) is 31.9 Å². The molecule has 1 aromatic carbocycles. The Balaban J connectivity index is 2.34. The van der Waals surface area contributed by atoms with Crippen molar-refractivity contribution in [3.05, 3.63) is 29.3 Å². The molecule has 1 aromatic rings. The average Bonchev–Trinajstić information content (AvgIpc) is 2.37. The van der Waals surface area contributed by atoms with Crippen molar-refractivity contribution < 1.29 is 9.84 Å². The molecule has 0 bridgehead atoms. The number of rotatable bonds is 9. The zero-order chi connectivity index (χ0) is 14.1. The largest absolute Gasteiger partial charge is 0.493 e. The Morgan fingerprint density at radius 2 is 1.79 bits per heavy atom. The predicted molar refractivity (Wildman–Crippen MR) is 80.7 cm³/mol. The second-order valence-electron chi connectivity index (χ2n) is 5.33. The minimum Gasteiger partial charge on any atom is -0.493 e. The van der Waals surface area contributed by atoms with Gasteiger partial charge in [0.15, 0.2) is 0 Å². The first-order chi connectivity index (χ1) is 9.15. The molecule has 1 rings (SSSR count). The van der Waals surface area contributed by atoms with Crippen molar-refractivity contribution in [3.63, 3.8) is 0 Å². The van der Waals surface area contributed by atoms with Gasteiger partial charge >= 0.3 is 0 Å². The van der Waals surface area contributed by atoms with E-state index < -0.39 is 6.10 Å². The van der Waals surface area contributed by atoms with Crippen LogP contribution in [0.15, 0.2) is 18.2 Å². The van der Waals surface area contributed by atoms with E-state index in [0.29, 0.717) is 0 Å². The SMILES string of the molecule is CCCCCCCCOc1cc(C)ccc1C(C)O. The topological polar surface area (TPSA) is 29.5 Å². The van der Waals surface area contributed by atoms with Crippen molar-refractivity contribution >= 4 is 0 Å². The third-order valence-electron chi connectivity index (χ3n) is 3.37. The number of hydrogen-bond donors (Lipinski definition) is 1. The van der Waals surface area contributed by atoms with Crippen molar-refractivity contribution in [1.82, 2.24) is 0 Å². The van der Waals surface area contributed by atoms with Gasteiger partial charge < -0.3 is 9.84 Å². The van der Waals surface area contributed by atoms with Gasteiger partial charge in [-0.2, -0.15) is 0 Å². The summed E-state index contributed by atoms with van der Waals surface area (Å²) in [6, 6.07) is 5.98. The lowest BCUT2D eigenvalue weighted by atomic mass is 10.1. The van der Waals surface area contributed by atoms with Gasteiger partial charge in [0.1, 0.15) is 5.75 Å². The van der Waals surface area contributed by atoms with Gasteiger partial charge in [0.05, 0.1) is 12.7 Å². The fourth-order valence-corrected chi connectivity index (χ4v) is 2.18. The summed E-state index contributed by atoms with van der Waals surface area (Å²) in [5.41, 5.74) is 2.05. The highest BCUT2D eigenvalue weighted by molar-refractivity contribution is 5.38. The van der Waals surface area contributed by atoms with E-state index in [0.717, 1.165) is 24.3 Å². The second-order valence-corrected chi connectivity index (χ2v) is 5.33. The molecule has 0 aliphatic carbocycles. The van der Waals surface area contributed by atoms with Crippen molar-refractivity contribution in [2.24, 2.45) is 0 Å². The summed E-state index contributed by atoms with van der Waals surface area (Å²) in [5.74, 6) is 0.837. The van der Waals surface area contributed by atoms with E-state index >= 15 is 0 Å². The first kappa shape index (κ1) is 16.0. The number of benzene rings is 1. The molecule has 0 aromatic heterocycles. The second kappa shape index (κ2) is 8.98. The van der Waals surface area contributed by atoms with Gasteiger partial charge in [-0.15, -0.1) is 0 Å². The van der Waals surface area contributed by atoms with E-state index in [2.05, 4.69) is 6.92 Å². The third kappa shape index (κ3) is 6.11. The van der Waals surface area contributed by atoms with Gasteiger partial charge in [0.25, 0.3) is 0 Å². The Bertz CT molecular complexity index is 358. The molecule has 1 unspecified atom stereocenters. The summed E-state index contributed by atoms with van der Waals surface area (Å²) < 4.78 is 5.83. The number of ether oxygens (including phenoxy) is 1. The standard InChI is InChI=1S/C17H28O2/c1-4-5-6-7-8-9-12-19-17-13-14(2)10-11-16(17)15(3)18/h10-11,13,15,18H,4-9,12H2,1-3H3. The molecule has 0 saturated carbocycles. The van der Waals surface area contributed by atoms with E-state index in [4.69, 9.17) is 4.74 Å². The van der Waals surface area contributed by atoms with E-state index in [-0.39, 0.29) is 0 Å². The van der Waals surface area contributed by atoms with Crippen molar-refractivity contribution in [3.8, 4) is 5.75 Å². The van der Waals surface area contributed by atoms with E-state index in [9.17, 15) is 5.11 Å². The van der Waals surface area contributed by atoms with Crippen LogP contribution < -0.4 is 4.74 Å². The zero-order valence-electron chi connectivity index (χ0n) is 12.6. The van der Waals surface area contributed by atoms with Crippen LogP contribution in [-0.2, 0) is 0 Å². The summed E-state index contributed by atoms with van der Waals surface area (Å²) in [5, 5.41) is 9.72. The fraction of sp³-hybridized carbons (Fsp3) is 0.647. The van der Waals surface area contributed by atoms with Gasteiger partial charge in [0, 0.05) is 5.56 Å². The highest BCUT2D eigenvalue weighted by Crippen LogP contribution is 2.26. The van der Waals surface area contributed by atoms with Gasteiger partial charge in [-0.25, -0.2) is 0 Å². The predicted octanol–water partition coefficient (Wildman–Crippen LogP) is 4.79. The Hall–Kier alpha value is -1.02. The van der Waals surface area contributed by atoms with Crippen molar-refractivity contribution in [2.45, 2.75) is 65.4 Å². The van der Waals surface area contributed by atoms with Gasteiger partial charge in [0.2, 0.25) is 0 Å². The molecule has 0 radical (unpaired) electrons. The molecule has 0 aliphatic heterocycles. The molecular weight excluding hydrogens is 236 g/mol. The van der Waals surface area contributed by atoms with Crippen molar-refractivity contribution in [2.75, 3.05) is 6.61 Å². The minimum atomic E-state index is -0.472. The summed E-state index contributed by atoms with van der Waals surface area (Å²) in [7, 11) is 0. The molecule has 1 N–H and O–H groups in total. The maximum atomic E-state index is 9.72. The lowest BCUT2D eigenvalue weighted by Crippen LogP contribution is -2.02. The Morgan fingerprint density at radius 3 is 2.47 bits per heavy atom. The molecule has 0 fully saturated rings. The fourth-order valence-electron chi connectivity index (χ4n) is 2.18. The smallest absolute Gasteiger partial charge is 0.125 e. The zero-order valence-corrected chi connectivity index (χ0v) is 12.6. The maximum absolute atomic E-state index is 9.72. The Kier molecular flexibility index (Phi) is 7.57. The molecule has 1 atom stereocenters. The van der Waals surface area contributed by atoms with E-state index in [1.807, 2.05) is 25.1 Å². The lowest BCUT2D eigenvalue weighted by molar-refractivity contribution is 0.190. The van der Waals surface area contributed by atoms with E-state index in [1.54, 1.807) is 6.92 Å². The lowest BCUT2D eigenvalue weighted by Gasteiger charge is -2.14. The van der Waals surface area contributed by atoms with Crippen molar-refractivity contribution in [1.29, 1.82) is 0 Å². The minimum absolute atomic E-state index is 0.472. The maximum Gasteiger partial charge on any atom is 0.125 e. The van der Waals surface area contributed by atoms with Crippen LogP contribution in [0.2, 0.25) is 0 Å². The number of unbranched alkanes of at least 4 members (excludes halogenated alkanes) is 5. The van der Waals surface area contributed by atoms with Crippen LogP contribution >= 0.6 is 0 Å². The molecule has 0 aliphatic rings. The van der Waals surface area contributed by atoms with Gasteiger partial charge in [-0.3, -0.25) is 0 Å². The molecule has 0 saturated heterocycles. The molecule has 0 spiro atoms. The summed E-state index contributed by atoms with van der Waals surface area (Å²) in [6.45, 7) is 6.80. The highest BCUT2D eigenvalue weighted by Gasteiger charge is 2.09. The highest BCUT2D eigenvalue weighted by atomic mass is 16.5. The molecule has 0 amide bonds. The van der Waals surface area contributed by atoms with Gasteiger partial charge in [-0.1, -0.05) is 51.2 Å². The monoisotopic (exact) mass is 264 g/mol. The normalized spacial score (nSPS) is 12.4. The first-order valence-corrected chi connectivity index (χ1v) is 7.56. The molecular formula is C17H28O2. The number of hydrogen-bond acceptors (Lipinski definition) is 2. The summed E-state index contributed by atoms with van der Waals surface area (Å²) in [4.78, 5) is 0. The summed E-state index contributed by atoms with van der Waals surface area (Å²) in [6.07, 6.45) is 7.11. The van der Waals surface area contributed by atoms with Crippen LogP contribution in [-0.4, -0.2) is 11.7 Å². The molecule has 19 heavy (non-hydrogen) atoms. The number of aliphatic hydroxyl groups is 1. The quantitative estimate of drug-likeness (QED) is 0.650. The number of aryl methyl sites for hydroxylation is 1. The summed E-state index contributed by atoms with van der Waals surface area (Å²) >= 11 is 0. The van der Waals surface area contributed by atoms with E-state index in [1.165, 1.54) is 37.7 Å². The molecule has 0 heterocycles.